The van der Waals surface area contributed by atoms with Crippen molar-refractivity contribution in [2.75, 3.05) is 13.2 Å². The van der Waals surface area contributed by atoms with Gasteiger partial charge in [0.25, 0.3) is 0 Å². The largest absolute Gasteiger partial charge is 0.371 e. The van der Waals surface area contributed by atoms with Gasteiger partial charge in [-0.3, -0.25) is 0 Å². The lowest BCUT2D eigenvalue weighted by molar-refractivity contribution is 0.0535. The monoisotopic (exact) mass is 270 g/mol. The van der Waals surface area contributed by atoms with Gasteiger partial charge in [0.2, 0.25) is 0 Å². The van der Waals surface area contributed by atoms with Crippen molar-refractivity contribution in [3.8, 4) is 0 Å². The Bertz CT molecular complexity index is 347. The van der Waals surface area contributed by atoms with Crippen LogP contribution in [0.3, 0.4) is 0 Å². The van der Waals surface area contributed by atoms with Crippen LogP contribution in [0.2, 0.25) is 0 Å². The van der Waals surface area contributed by atoms with E-state index in [1.807, 2.05) is 0 Å². The molecule has 0 spiro atoms. The predicted molar refractivity (Wildman–Crippen MR) is 63.0 cm³/mol. The molecule has 0 bridgehead atoms. The first-order chi connectivity index (χ1) is 7.16. The van der Waals surface area contributed by atoms with Crippen LogP contribution in [0.25, 0.3) is 0 Å². The summed E-state index contributed by atoms with van der Waals surface area (Å²) in [6.07, 6.45) is 0.445. The second kappa shape index (κ2) is 4.64. The lowest BCUT2D eigenvalue weighted by Gasteiger charge is -2.14. The SMILES string of the molecule is Cc1ccc([C@@H](C)OCC2CO2)c(Br)c1. The molecular formula is C12H15BrO2. The number of ether oxygens (including phenoxy) is 2. The molecule has 0 aliphatic carbocycles. The summed E-state index contributed by atoms with van der Waals surface area (Å²) in [6.45, 7) is 5.69. The molecule has 0 radical (unpaired) electrons. The predicted octanol–water partition coefficient (Wildman–Crippen LogP) is 3.23. The second-order valence-electron chi connectivity index (χ2n) is 3.96. The van der Waals surface area contributed by atoms with Crippen LogP contribution in [0.15, 0.2) is 22.7 Å². The van der Waals surface area contributed by atoms with E-state index < -0.39 is 0 Å². The van der Waals surface area contributed by atoms with E-state index in [0.717, 1.165) is 11.1 Å². The number of aryl methyl sites for hydroxylation is 1. The summed E-state index contributed by atoms with van der Waals surface area (Å²) in [4.78, 5) is 0. The van der Waals surface area contributed by atoms with Crippen LogP contribution in [0.5, 0.6) is 0 Å². The van der Waals surface area contributed by atoms with Crippen molar-refractivity contribution in [1.29, 1.82) is 0 Å². The Morgan fingerprint density at radius 3 is 2.93 bits per heavy atom. The third-order valence-corrected chi connectivity index (χ3v) is 3.22. The normalized spacial score (nSPS) is 21.4. The lowest BCUT2D eigenvalue weighted by atomic mass is 10.1. The summed E-state index contributed by atoms with van der Waals surface area (Å²) in [5.74, 6) is 0. The molecule has 0 amide bonds. The van der Waals surface area contributed by atoms with E-state index >= 15 is 0 Å². The molecule has 1 aliphatic rings. The van der Waals surface area contributed by atoms with Gasteiger partial charge < -0.3 is 9.47 Å². The van der Waals surface area contributed by atoms with Gasteiger partial charge in [-0.15, -0.1) is 0 Å². The fourth-order valence-electron chi connectivity index (χ4n) is 1.47. The van der Waals surface area contributed by atoms with Gasteiger partial charge in [0.1, 0.15) is 6.10 Å². The van der Waals surface area contributed by atoms with Crippen LogP contribution in [-0.2, 0) is 9.47 Å². The first-order valence-corrected chi connectivity index (χ1v) is 5.95. The summed E-state index contributed by atoms with van der Waals surface area (Å²) in [6, 6.07) is 6.33. The first-order valence-electron chi connectivity index (χ1n) is 5.16. The second-order valence-corrected chi connectivity index (χ2v) is 4.81. The average Bonchev–Trinajstić information content (AvgIpc) is 2.97. The van der Waals surface area contributed by atoms with Crippen molar-refractivity contribution in [2.24, 2.45) is 0 Å². The van der Waals surface area contributed by atoms with Crippen molar-refractivity contribution in [1.82, 2.24) is 0 Å². The number of benzene rings is 1. The third-order valence-electron chi connectivity index (χ3n) is 2.53. The number of epoxide rings is 1. The summed E-state index contributed by atoms with van der Waals surface area (Å²) in [5, 5.41) is 0. The Labute approximate surface area is 98.7 Å². The van der Waals surface area contributed by atoms with Crippen LogP contribution in [0, 0.1) is 6.92 Å². The third kappa shape index (κ3) is 3.03. The number of hydrogen-bond donors (Lipinski definition) is 0. The summed E-state index contributed by atoms with van der Waals surface area (Å²) >= 11 is 3.56. The highest BCUT2D eigenvalue weighted by Crippen LogP contribution is 2.27. The van der Waals surface area contributed by atoms with Crippen LogP contribution >= 0.6 is 15.9 Å². The zero-order chi connectivity index (χ0) is 10.8. The number of rotatable bonds is 4. The maximum absolute atomic E-state index is 5.72. The highest BCUT2D eigenvalue weighted by molar-refractivity contribution is 9.10. The molecule has 82 valence electrons. The molecule has 1 aliphatic heterocycles. The maximum atomic E-state index is 5.72. The van der Waals surface area contributed by atoms with Gasteiger partial charge in [0, 0.05) is 4.47 Å². The van der Waals surface area contributed by atoms with Crippen LogP contribution < -0.4 is 0 Å². The van der Waals surface area contributed by atoms with E-state index in [1.165, 1.54) is 11.1 Å². The van der Waals surface area contributed by atoms with Crippen LogP contribution in [0.1, 0.15) is 24.2 Å². The average molecular weight is 271 g/mol. The van der Waals surface area contributed by atoms with Gasteiger partial charge in [-0.2, -0.15) is 0 Å². The molecule has 15 heavy (non-hydrogen) atoms. The summed E-state index contributed by atoms with van der Waals surface area (Å²) < 4.78 is 11.9. The fraction of sp³-hybridized carbons (Fsp3) is 0.500. The lowest BCUT2D eigenvalue weighted by Crippen LogP contribution is -2.06. The highest BCUT2D eigenvalue weighted by atomic mass is 79.9. The molecule has 2 atom stereocenters. The molecule has 1 unspecified atom stereocenters. The zero-order valence-corrected chi connectivity index (χ0v) is 10.6. The topological polar surface area (TPSA) is 21.8 Å². The minimum Gasteiger partial charge on any atom is -0.371 e. The van der Waals surface area contributed by atoms with Gasteiger partial charge in [-0.1, -0.05) is 28.1 Å². The van der Waals surface area contributed by atoms with Gasteiger partial charge in [0.05, 0.1) is 19.3 Å². The van der Waals surface area contributed by atoms with Crippen molar-refractivity contribution in [3.63, 3.8) is 0 Å². The van der Waals surface area contributed by atoms with E-state index in [0.29, 0.717) is 12.7 Å². The number of halogens is 1. The zero-order valence-electron chi connectivity index (χ0n) is 9.00. The molecule has 2 nitrogen and oxygen atoms in total. The molecule has 0 saturated carbocycles. The molecule has 1 aromatic rings. The molecule has 0 aromatic heterocycles. The van der Waals surface area contributed by atoms with E-state index in [9.17, 15) is 0 Å². The minimum absolute atomic E-state index is 0.115. The van der Waals surface area contributed by atoms with Crippen LogP contribution in [-0.4, -0.2) is 19.3 Å². The Morgan fingerprint density at radius 1 is 1.60 bits per heavy atom. The molecule has 1 aromatic carbocycles. The molecule has 1 heterocycles. The Kier molecular flexibility index (Phi) is 3.44. The van der Waals surface area contributed by atoms with Crippen molar-refractivity contribution < 1.29 is 9.47 Å². The van der Waals surface area contributed by atoms with E-state index in [-0.39, 0.29) is 6.10 Å². The Hall–Kier alpha value is -0.380. The molecule has 1 saturated heterocycles. The molecule has 3 heteroatoms. The molecule has 0 N–H and O–H groups in total. The molecular weight excluding hydrogens is 256 g/mol. The highest BCUT2D eigenvalue weighted by Gasteiger charge is 2.24. The van der Waals surface area contributed by atoms with Gasteiger partial charge in [-0.05, 0) is 31.0 Å². The van der Waals surface area contributed by atoms with Crippen LogP contribution in [0.4, 0.5) is 0 Å². The number of hydrogen-bond acceptors (Lipinski definition) is 2. The van der Waals surface area contributed by atoms with E-state index in [2.05, 4.69) is 48.0 Å². The van der Waals surface area contributed by atoms with Crippen molar-refractivity contribution >= 4 is 15.9 Å². The minimum atomic E-state index is 0.115. The maximum Gasteiger partial charge on any atom is 0.104 e. The van der Waals surface area contributed by atoms with Gasteiger partial charge in [0.15, 0.2) is 0 Å². The molecule has 2 rings (SSSR count). The standard InChI is InChI=1S/C12H15BrO2/c1-8-3-4-11(12(13)5-8)9(2)14-6-10-7-15-10/h3-5,9-10H,6-7H2,1-2H3/t9-,10?/m1/s1. The van der Waals surface area contributed by atoms with E-state index in [4.69, 9.17) is 9.47 Å². The smallest absolute Gasteiger partial charge is 0.104 e. The molecule has 1 fully saturated rings. The first kappa shape index (κ1) is 11.1. The van der Waals surface area contributed by atoms with E-state index in [1.54, 1.807) is 0 Å². The summed E-state index contributed by atoms with van der Waals surface area (Å²) in [7, 11) is 0. The van der Waals surface area contributed by atoms with Crippen molar-refractivity contribution in [3.05, 3.63) is 33.8 Å². The fourth-order valence-corrected chi connectivity index (χ4v) is 2.28. The quantitative estimate of drug-likeness (QED) is 0.784. The van der Waals surface area contributed by atoms with Crippen molar-refractivity contribution in [2.45, 2.75) is 26.1 Å². The van der Waals surface area contributed by atoms with Gasteiger partial charge in [-0.25, -0.2) is 0 Å². The Morgan fingerprint density at radius 2 is 2.33 bits per heavy atom. The van der Waals surface area contributed by atoms with Gasteiger partial charge >= 0.3 is 0 Å². The summed E-state index contributed by atoms with van der Waals surface area (Å²) in [5.41, 5.74) is 2.45. The Balaban J connectivity index is 1.99.